The molecule has 0 aliphatic heterocycles. The molecule has 0 bridgehead atoms. The van der Waals surface area contributed by atoms with Crippen molar-refractivity contribution < 1.29 is 4.79 Å². The van der Waals surface area contributed by atoms with Gasteiger partial charge in [-0.25, -0.2) is 4.98 Å². The predicted octanol–water partition coefficient (Wildman–Crippen LogP) is 1.61. The third kappa shape index (κ3) is 3.34. The largest absolute Gasteiger partial charge is 0.352 e. The smallest absolute Gasteiger partial charge is 0.264 e. The van der Waals surface area contributed by atoms with Crippen LogP contribution in [0.3, 0.4) is 0 Å². The summed E-state index contributed by atoms with van der Waals surface area (Å²) in [6, 6.07) is 0.245. The summed E-state index contributed by atoms with van der Waals surface area (Å²) >= 11 is 0. The SMILES string of the molecule is CCCC[C@H]1CCC[C@@H]1NC(=O)Cn1cnc2c(cnn2C)c1=O. The molecule has 1 aliphatic carbocycles. The molecule has 130 valence electrons. The van der Waals surface area contributed by atoms with Crippen LogP contribution in [0.25, 0.3) is 11.0 Å². The maximum Gasteiger partial charge on any atom is 0.264 e. The maximum atomic E-state index is 12.4. The number of nitrogens with zero attached hydrogens (tertiary/aromatic N) is 4. The molecular weight excluding hydrogens is 306 g/mol. The van der Waals surface area contributed by atoms with Gasteiger partial charge in [0.25, 0.3) is 5.56 Å². The van der Waals surface area contributed by atoms with Crippen LogP contribution in [0.5, 0.6) is 0 Å². The van der Waals surface area contributed by atoms with Crippen LogP contribution in [-0.4, -0.2) is 31.3 Å². The minimum Gasteiger partial charge on any atom is -0.352 e. The molecule has 2 aromatic rings. The van der Waals surface area contributed by atoms with Gasteiger partial charge in [0.1, 0.15) is 18.3 Å². The Bertz CT molecular complexity index is 779. The van der Waals surface area contributed by atoms with Crippen molar-refractivity contribution in [3.05, 3.63) is 22.9 Å². The molecule has 0 aromatic carbocycles. The summed E-state index contributed by atoms with van der Waals surface area (Å²) in [7, 11) is 1.74. The average Bonchev–Trinajstić information content (AvgIpc) is 3.15. The number of aromatic nitrogens is 4. The molecule has 2 aromatic heterocycles. The normalized spacial score (nSPS) is 20.6. The van der Waals surface area contributed by atoms with Crippen LogP contribution in [0.15, 0.2) is 17.3 Å². The van der Waals surface area contributed by atoms with Gasteiger partial charge in [0, 0.05) is 13.1 Å². The topological polar surface area (TPSA) is 81.8 Å². The number of aryl methyl sites for hydroxylation is 1. The molecule has 7 heteroatoms. The quantitative estimate of drug-likeness (QED) is 0.872. The number of hydrogen-bond donors (Lipinski definition) is 1. The maximum absolute atomic E-state index is 12.4. The van der Waals surface area contributed by atoms with Crippen molar-refractivity contribution in [2.24, 2.45) is 13.0 Å². The predicted molar refractivity (Wildman–Crippen MR) is 91.6 cm³/mol. The van der Waals surface area contributed by atoms with Crippen LogP contribution in [0, 0.1) is 5.92 Å². The molecule has 1 amide bonds. The van der Waals surface area contributed by atoms with Crippen LogP contribution in [0.4, 0.5) is 0 Å². The number of rotatable bonds is 6. The second-order valence-corrected chi connectivity index (χ2v) is 6.69. The Kier molecular flexibility index (Phi) is 4.97. The van der Waals surface area contributed by atoms with Gasteiger partial charge in [-0.05, 0) is 25.2 Å². The number of carbonyl (C=O) groups excluding carboxylic acids is 1. The van der Waals surface area contributed by atoms with E-state index in [0.717, 1.165) is 6.42 Å². The first-order chi connectivity index (χ1) is 11.6. The summed E-state index contributed by atoms with van der Waals surface area (Å²) in [5.74, 6) is 0.458. The average molecular weight is 331 g/mol. The van der Waals surface area contributed by atoms with Crippen LogP contribution < -0.4 is 10.9 Å². The fourth-order valence-electron chi connectivity index (χ4n) is 3.63. The van der Waals surface area contributed by atoms with Crippen LogP contribution in [0.2, 0.25) is 0 Å². The zero-order valence-corrected chi connectivity index (χ0v) is 14.4. The Morgan fingerprint density at radius 3 is 3.04 bits per heavy atom. The van der Waals surface area contributed by atoms with Crippen molar-refractivity contribution in [3.63, 3.8) is 0 Å². The van der Waals surface area contributed by atoms with Gasteiger partial charge < -0.3 is 5.32 Å². The van der Waals surface area contributed by atoms with E-state index < -0.39 is 0 Å². The fourth-order valence-corrected chi connectivity index (χ4v) is 3.63. The van der Waals surface area contributed by atoms with Crippen molar-refractivity contribution in [2.45, 2.75) is 58.0 Å². The molecule has 2 atom stereocenters. The molecule has 1 N–H and O–H groups in total. The highest BCUT2D eigenvalue weighted by Gasteiger charge is 2.28. The van der Waals surface area contributed by atoms with Gasteiger partial charge in [-0.2, -0.15) is 5.10 Å². The van der Waals surface area contributed by atoms with Crippen molar-refractivity contribution >= 4 is 16.9 Å². The van der Waals surface area contributed by atoms with E-state index in [1.54, 1.807) is 11.7 Å². The lowest BCUT2D eigenvalue weighted by atomic mass is 9.97. The van der Waals surface area contributed by atoms with E-state index in [0.29, 0.717) is 17.0 Å². The van der Waals surface area contributed by atoms with E-state index in [2.05, 4.69) is 22.3 Å². The zero-order valence-electron chi connectivity index (χ0n) is 14.4. The van der Waals surface area contributed by atoms with Crippen LogP contribution >= 0.6 is 0 Å². The van der Waals surface area contributed by atoms with Gasteiger partial charge >= 0.3 is 0 Å². The molecule has 0 spiro atoms. The standard InChI is InChI=1S/C17H25N5O2/c1-3-4-6-12-7-5-8-14(12)20-15(23)10-22-11-18-16-13(17(22)24)9-19-21(16)2/h9,11-12,14H,3-8,10H2,1-2H3,(H,20,23)/t12-,14-/m0/s1. The third-order valence-corrected chi connectivity index (χ3v) is 4.97. The van der Waals surface area contributed by atoms with Gasteiger partial charge in [0.15, 0.2) is 5.65 Å². The molecule has 3 rings (SSSR count). The van der Waals surface area contributed by atoms with E-state index in [-0.39, 0.29) is 24.1 Å². The zero-order chi connectivity index (χ0) is 17.1. The summed E-state index contributed by atoms with van der Waals surface area (Å²) in [6.07, 6.45) is 9.88. The number of nitrogens with one attached hydrogen (secondary N) is 1. The highest BCUT2D eigenvalue weighted by atomic mass is 16.2. The summed E-state index contributed by atoms with van der Waals surface area (Å²) in [5.41, 5.74) is 0.310. The molecule has 0 radical (unpaired) electrons. The third-order valence-electron chi connectivity index (χ3n) is 4.97. The van der Waals surface area contributed by atoms with E-state index >= 15 is 0 Å². The molecule has 0 saturated heterocycles. The van der Waals surface area contributed by atoms with Crippen LogP contribution in [-0.2, 0) is 18.4 Å². The second kappa shape index (κ2) is 7.15. The van der Waals surface area contributed by atoms with Crippen molar-refractivity contribution in [1.29, 1.82) is 0 Å². The first kappa shape index (κ1) is 16.7. The molecule has 0 unspecified atom stereocenters. The van der Waals surface area contributed by atoms with Gasteiger partial charge in [0.2, 0.25) is 5.91 Å². The Morgan fingerprint density at radius 2 is 2.25 bits per heavy atom. The van der Waals surface area contributed by atoms with Gasteiger partial charge in [0.05, 0.1) is 6.20 Å². The highest BCUT2D eigenvalue weighted by molar-refractivity contribution is 5.77. The van der Waals surface area contributed by atoms with Crippen molar-refractivity contribution in [1.82, 2.24) is 24.6 Å². The summed E-state index contributed by atoms with van der Waals surface area (Å²) in [6.45, 7) is 2.20. The van der Waals surface area contributed by atoms with Crippen molar-refractivity contribution in [3.8, 4) is 0 Å². The molecule has 1 fully saturated rings. The summed E-state index contributed by atoms with van der Waals surface area (Å²) in [5, 5.41) is 7.60. The molecule has 7 nitrogen and oxygen atoms in total. The van der Waals surface area contributed by atoms with E-state index in [9.17, 15) is 9.59 Å². The lowest BCUT2D eigenvalue weighted by Crippen LogP contribution is -2.40. The first-order valence-corrected chi connectivity index (χ1v) is 8.76. The van der Waals surface area contributed by atoms with Crippen LogP contribution in [0.1, 0.15) is 45.4 Å². The minimum absolute atomic E-state index is 0.00760. The summed E-state index contributed by atoms with van der Waals surface area (Å²) in [4.78, 5) is 29.0. The Morgan fingerprint density at radius 1 is 1.42 bits per heavy atom. The van der Waals surface area contributed by atoms with E-state index in [4.69, 9.17) is 0 Å². The monoisotopic (exact) mass is 331 g/mol. The number of fused-ring (bicyclic) bond motifs is 1. The van der Waals surface area contributed by atoms with E-state index in [1.807, 2.05) is 0 Å². The fraction of sp³-hybridized carbons (Fsp3) is 0.647. The minimum atomic E-state index is -0.225. The molecule has 2 heterocycles. The van der Waals surface area contributed by atoms with Gasteiger partial charge in [-0.3, -0.25) is 18.8 Å². The molecule has 1 saturated carbocycles. The Labute approximate surface area is 141 Å². The number of carbonyl (C=O) groups is 1. The second-order valence-electron chi connectivity index (χ2n) is 6.69. The molecule has 24 heavy (non-hydrogen) atoms. The van der Waals surface area contributed by atoms with Crippen molar-refractivity contribution in [2.75, 3.05) is 0 Å². The lowest BCUT2D eigenvalue weighted by Gasteiger charge is -2.21. The van der Waals surface area contributed by atoms with Gasteiger partial charge in [-0.15, -0.1) is 0 Å². The number of unbranched alkanes of at least 4 members (excludes halogenated alkanes) is 1. The highest BCUT2D eigenvalue weighted by Crippen LogP contribution is 2.29. The van der Waals surface area contributed by atoms with E-state index in [1.165, 1.54) is 49.2 Å². The Balaban J connectivity index is 1.67. The lowest BCUT2D eigenvalue weighted by molar-refractivity contribution is -0.122. The Hall–Kier alpha value is -2.18. The number of hydrogen-bond acceptors (Lipinski definition) is 4. The summed E-state index contributed by atoms with van der Waals surface area (Å²) < 4.78 is 2.91. The molecular formula is C17H25N5O2. The number of amides is 1. The molecule has 1 aliphatic rings. The van der Waals surface area contributed by atoms with Gasteiger partial charge in [-0.1, -0.05) is 26.2 Å². The first-order valence-electron chi connectivity index (χ1n) is 8.76.